The monoisotopic (exact) mass is 271 g/mol. The largest absolute Gasteiger partial charge is 0.263 e. The van der Waals surface area contributed by atoms with Crippen molar-refractivity contribution in [1.29, 1.82) is 0 Å². The zero-order valence-corrected chi connectivity index (χ0v) is 12.5. The van der Waals surface area contributed by atoms with Gasteiger partial charge in [-0.1, -0.05) is 55.0 Å². The zero-order valence-electron chi connectivity index (χ0n) is 11.7. The molecule has 1 aromatic carbocycles. The van der Waals surface area contributed by atoms with Gasteiger partial charge in [-0.25, -0.2) is 0 Å². The average molecular weight is 271 g/mol. The van der Waals surface area contributed by atoms with E-state index in [1.807, 2.05) is 42.1 Å². The Bertz CT molecular complexity index is 498. The molecule has 0 amide bonds. The lowest BCUT2D eigenvalue weighted by Gasteiger charge is -2.07. The van der Waals surface area contributed by atoms with Gasteiger partial charge in [0.1, 0.15) is 0 Å². The van der Waals surface area contributed by atoms with Crippen LogP contribution in [0.3, 0.4) is 0 Å². The number of rotatable bonds is 7. The van der Waals surface area contributed by atoms with Crippen molar-refractivity contribution >= 4 is 24.2 Å². The predicted molar refractivity (Wildman–Crippen MR) is 88.7 cm³/mol. The smallest absolute Gasteiger partial charge is 0.0758 e. The molecule has 0 spiro atoms. The summed E-state index contributed by atoms with van der Waals surface area (Å²) in [4.78, 5) is 5.23. The van der Waals surface area contributed by atoms with Crippen molar-refractivity contribution in [3.63, 3.8) is 0 Å². The maximum absolute atomic E-state index is 4.05. The Morgan fingerprint density at radius 2 is 2.11 bits per heavy atom. The van der Waals surface area contributed by atoms with Gasteiger partial charge in [-0.2, -0.15) is 0 Å². The van der Waals surface area contributed by atoms with E-state index in [1.165, 1.54) is 16.0 Å². The normalized spacial score (nSPS) is 12.3. The molecule has 0 aromatic heterocycles. The van der Waals surface area contributed by atoms with Gasteiger partial charge in [-0.3, -0.25) is 4.99 Å². The number of hydrogen-bond donors (Lipinski definition) is 0. The molecule has 100 valence electrons. The Morgan fingerprint density at radius 3 is 2.74 bits per heavy atom. The maximum Gasteiger partial charge on any atom is 0.0758 e. The molecule has 0 unspecified atom stereocenters. The van der Waals surface area contributed by atoms with E-state index >= 15 is 0 Å². The summed E-state index contributed by atoms with van der Waals surface area (Å²) in [5, 5.41) is 0. The van der Waals surface area contributed by atoms with Crippen LogP contribution in [0.5, 0.6) is 0 Å². The van der Waals surface area contributed by atoms with E-state index in [0.29, 0.717) is 0 Å². The lowest BCUT2D eigenvalue weighted by atomic mass is 10.1. The number of thioether (sulfide) groups is 1. The van der Waals surface area contributed by atoms with E-state index in [1.54, 1.807) is 0 Å². The first-order valence-electron chi connectivity index (χ1n) is 6.38. The maximum atomic E-state index is 4.05. The quantitative estimate of drug-likeness (QED) is 0.358. The Hall–Kier alpha value is -1.54. The van der Waals surface area contributed by atoms with Gasteiger partial charge in [-0.05, 0) is 32.2 Å². The highest BCUT2D eigenvalue weighted by atomic mass is 32.2. The summed E-state index contributed by atoms with van der Waals surface area (Å²) in [5.74, 6) is 0.978. The van der Waals surface area contributed by atoms with Crippen LogP contribution in [-0.4, -0.2) is 12.5 Å². The van der Waals surface area contributed by atoms with Gasteiger partial charge in [0.25, 0.3) is 0 Å². The molecule has 0 bridgehead atoms. The first-order valence-corrected chi connectivity index (χ1v) is 7.37. The molecule has 1 rings (SSSR count). The summed E-state index contributed by atoms with van der Waals surface area (Å²) in [6.07, 6.45) is 7.14. The van der Waals surface area contributed by atoms with Crippen molar-refractivity contribution in [2.75, 3.05) is 5.75 Å². The molecule has 19 heavy (non-hydrogen) atoms. The van der Waals surface area contributed by atoms with Crippen molar-refractivity contribution in [1.82, 2.24) is 0 Å². The molecule has 1 aromatic rings. The summed E-state index contributed by atoms with van der Waals surface area (Å²) in [7, 11) is 0. The number of benzene rings is 1. The van der Waals surface area contributed by atoms with E-state index in [0.717, 1.165) is 17.9 Å². The van der Waals surface area contributed by atoms with Crippen LogP contribution in [0.15, 0.2) is 70.1 Å². The SMILES string of the molecule is C=C/C=C(C)/C=C(\CC)CSc1ccccc1N=C. The fourth-order valence-electron chi connectivity index (χ4n) is 1.68. The van der Waals surface area contributed by atoms with Crippen LogP contribution in [-0.2, 0) is 0 Å². The molecule has 0 N–H and O–H groups in total. The molecule has 0 saturated heterocycles. The standard InChI is InChI=1S/C17H21NS/c1-5-9-14(3)12-15(6-2)13-19-17-11-8-7-10-16(17)18-4/h5,7-12H,1,4,6,13H2,2-3H3/b14-9+,15-12+. The van der Waals surface area contributed by atoms with Crippen LogP contribution in [0.1, 0.15) is 20.3 Å². The summed E-state index contributed by atoms with van der Waals surface area (Å²) in [6, 6.07) is 8.11. The average Bonchev–Trinajstić information content (AvgIpc) is 2.44. The van der Waals surface area contributed by atoms with Crippen LogP contribution < -0.4 is 0 Å². The van der Waals surface area contributed by atoms with Crippen LogP contribution in [0.2, 0.25) is 0 Å². The number of nitrogens with zero attached hydrogens (tertiary/aromatic N) is 1. The molecule has 0 heterocycles. The minimum Gasteiger partial charge on any atom is -0.263 e. The summed E-state index contributed by atoms with van der Waals surface area (Å²) >= 11 is 1.81. The number of hydrogen-bond acceptors (Lipinski definition) is 2. The summed E-state index contributed by atoms with van der Waals surface area (Å²) in [5.41, 5.74) is 3.61. The topological polar surface area (TPSA) is 12.4 Å². The van der Waals surface area contributed by atoms with Crippen molar-refractivity contribution in [2.45, 2.75) is 25.2 Å². The molecule has 0 aliphatic rings. The molecule has 0 aliphatic carbocycles. The molecule has 0 aliphatic heterocycles. The minimum absolute atomic E-state index is 0.960. The molecule has 0 saturated carbocycles. The first-order chi connectivity index (χ1) is 9.21. The Kier molecular flexibility index (Phi) is 6.98. The van der Waals surface area contributed by atoms with Gasteiger partial charge in [0.2, 0.25) is 0 Å². The number of allylic oxidation sites excluding steroid dienone is 4. The second kappa shape index (κ2) is 8.54. The molecular weight excluding hydrogens is 250 g/mol. The van der Waals surface area contributed by atoms with Crippen molar-refractivity contribution in [2.24, 2.45) is 4.99 Å². The summed E-state index contributed by atoms with van der Waals surface area (Å²) in [6.45, 7) is 11.6. The molecule has 1 nitrogen and oxygen atoms in total. The van der Waals surface area contributed by atoms with Gasteiger partial charge in [0.15, 0.2) is 0 Å². The molecular formula is C17H21NS. The van der Waals surface area contributed by atoms with Gasteiger partial charge in [0, 0.05) is 10.6 Å². The van der Waals surface area contributed by atoms with E-state index in [2.05, 4.69) is 44.3 Å². The number of aliphatic imine (C=N–C) groups is 1. The fourth-order valence-corrected chi connectivity index (χ4v) is 2.77. The molecule has 2 heteroatoms. The third kappa shape index (κ3) is 5.31. The van der Waals surface area contributed by atoms with Gasteiger partial charge in [-0.15, -0.1) is 11.8 Å². The number of para-hydroxylation sites is 1. The highest BCUT2D eigenvalue weighted by molar-refractivity contribution is 7.99. The van der Waals surface area contributed by atoms with Crippen molar-refractivity contribution in [3.8, 4) is 0 Å². The lowest BCUT2D eigenvalue weighted by Crippen LogP contribution is -1.87. The third-order valence-electron chi connectivity index (χ3n) is 2.72. The van der Waals surface area contributed by atoms with Gasteiger partial charge in [0.05, 0.1) is 5.69 Å². The Labute approximate surface area is 120 Å². The highest BCUT2D eigenvalue weighted by Crippen LogP contribution is 2.30. The highest BCUT2D eigenvalue weighted by Gasteiger charge is 2.02. The Balaban J connectivity index is 2.75. The van der Waals surface area contributed by atoms with Gasteiger partial charge >= 0.3 is 0 Å². The fraction of sp³-hybridized carbons (Fsp3) is 0.235. The van der Waals surface area contributed by atoms with E-state index < -0.39 is 0 Å². The van der Waals surface area contributed by atoms with Crippen LogP contribution >= 0.6 is 11.8 Å². The predicted octanol–water partition coefficient (Wildman–Crippen LogP) is 5.58. The molecule has 0 atom stereocenters. The van der Waals surface area contributed by atoms with Gasteiger partial charge < -0.3 is 0 Å². The molecule has 0 radical (unpaired) electrons. The molecule has 0 fully saturated rings. The van der Waals surface area contributed by atoms with Crippen LogP contribution in [0.4, 0.5) is 5.69 Å². The second-order valence-electron chi connectivity index (χ2n) is 4.22. The van der Waals surface area contributed by atoms with Crippen LogP contribution in [0, 0.1) is 0 Å². The minimum atomic E-state index is 0.960. The first kappa shape index (κ1) is 15.5. The summed E-state index contributed by atoms with van der Waals surface area (Å²) < 4.78 is 0. The van der Waals surface area contributed by atoms with Crippen molar-refractivity contribution < 1.29 is 0 Å². The zero-order chi connectivity index (χ0) is 14.1. The van der Waals surface area contributed by atoms with E-state index in [4.69, 9.17) is 0 Å². The van der Waals surface area contributed by atoms with E-state index in [9.17, 15) is 0 Å². The lowest BCUT2D eigenvalue weighted by molar-refractivity contribution is 1.10. The third-order valence-corrected chi connectivity index (χ3v) is 3.89. The van der Waals surface area contributed by atoms with Crippen molar-refractivity contribution in [3.05, 3.63) is 60.2 Å². The van der Waals surface area contributed by atoms with Crippen LogP contribution in [0.25, 0.3) is 0 Å². The Morgan fingerprint density at radius 1 is 1.37 bits per heavy atom. The second-order valence-corrected chi connectivity index (χ2v) is 5.23. The van der Waals surface area contributed by atoms with E-state index in [-0.39, 0.29) is 0 Å².